The number of hydrogen-bond donors (Lipinski definition) is 2. The quantitative estimate of drug-likeness (QED) is 0.491. The van der Waals surface area contributed by atoms with Crippen LogP contribution in [0.4, 0.5) is 26.3 Å². The highest BCUT2D eigenvalue weighted by molar-refractivity contribution is 9.10. The molecule has 0 fully saturated rings. The Morgan fingerprint density at radius 2 is 1.67 bits per heavy atom. The largest absolute Gasteiger partial charge is 0.402 e. The predicted molar refractivity (Wildman–Crippen MR) is 57.7 cm³/mol. The van der Waals surface area contributed by atoms with Crippen LogP contribution in [-0.2, 0) is 0 Å². The average Bonchev–Trinajstić information content (AvgIpc) is 2.56. The third-order valence-corrected chi connectivity index (χ3v) is 4.10. The summed E-state index contributed by atoms with van der Waals surface area (Å²) in [5.41, 5.74) is 1.60. The van der Waals surface area contributed by atoms with Crippen molar-refractivity contribution in [3.05, 3.63) is 20.8 Å². The lowest BCUT2D eigenvalue weighted by Gasteiger charge is -2.29. The maximum absolute atomic E-state index is 12.6. The van der Waals surface area contributed by atoms with E-state index in [1.54, 1.807) is 5.43 Å². The highest BCUT2D eigenvalue weighted by Crippen LogP contribution is 2.48. The molecule has 0 aliphatic carbocycles. The zero-order valence-corrected chi connectivity index (χ0v) is 10.8. The van der Waals surface area contributed by atoms with Gasteiger partial charge in [-0.25, -0.2) is 0 Å². The first-order chi connectivity index (χ1) is 8.09. The van der Waals surface area contributed by atoms with Gasteiger partial charge in [0.25, 0.3) is 0 Å². The van der Waals surface area contributed by atoms with Gasteiger partial charge in [0.15, 0.2) is 5.92 Å². The standard InChI is InChI=1S/C8H7BrF6N2S/c9-3-1-2-18-5(3)4(17-16)6(7(10,11)12)8(13,14)15/h1-2,4,6,17H,16H2. The molecule has 0 bridgehead atoms. The lowest BCUT2D eigenvalue weighted by Crippen LogP contribution is -2.47. The molecule has 0 amide bonds. The fraction of sp³-hybridized carbons (Fsp3) is 0.500. The van der Waals surface area contributed by atoms with E-state index in [-0.39, 0.29) is 9.35 Å². The molecule has 18 heavy (non-hydrogen) atoms. The molecule has 1 aromatic heterocycles. The molecule has 1 unspecified atom stereocenters. The fourth-order valence-corrected chi connectivity index (χ4v) is 3.13. The van der Waals surface area contributed by atoms with Crippen molar-refractivity contribution in [1.82, 2.24) is 5.43 Å². The second-order valence-electron chi connectivity index (χ2n) is 3.34. The Morgan fingerprint density at radius 3 is 1.94 bits per heavy atom. The van der Waals surface area contributed by atoms with Crippen molar-refractivity contribution in [2.45, 2.75) is 18.4 Å². The first-order valence-corrected chi connectivity index (χ1v) is 6.08. The molecule has 0 aliphatic heterocycles. The lowest BCUT2D eigenvalue weighted by atomic mass is 9.97. The van der Waals surface area contributed by atoms with E-state index in [1.165, 1.54) is 11.4 Å². The van der Waals surface area contributed by atoms with Gasteiger partial charge in [-0.05, 0) is 27.4 Å². The van der Waals surface area contributed by atoms with Gasteiger partial charge < -0.3 is 0 Å². The van der Waals surface area contributed by atoms with Gasteiger partial charge in [-0.15, -0.1) is 11.3 Å². The van der Waals surface area contributed by atoms with Gasteiger partial charge in [0, 0.05) is 9.35 Å². The number of hydrogen-bond acceptors (Lipinski definition) is 3. The predicted octanol–water partition coefficient (Wildman–Crippen LogP) is 3.76. The number of alkyl halides is 6. The van der Waals surface area contributed by atoms with Crippen molar-refractivity contribution < 1.29 is 26.3 Å². The van der Waals surface area contributed by atoms with Crippen molar-refractivity contribution in [3.8, 4) is 0 Å². The number of nitrogens with one attached hydrogen (secondary N) is 1. The van der Waals surface area contributed by atoms with E-state index in [9.17, 15) is 26.3 Å². The molecule has 2 nitrogen and oxygen atoms in total. The summed E-state index contributed by atoms with van der Waals surface area (Å²) >= 11 is 3.64. The van der Waals surface area contributed by atoms with Gasteiger partial charge in [0.05, 0.1) is 6.04 Å². The van der Waals surface area contributed by atoms with Crippen molar-refractivity contribution >= 4 is 27.3 Å². The maximum atomic E-state index is 12.6. The Bertz CT molecular complexity index is 387. The van der Waals surface area contributed by atoms with Crippen LogP contribution in [0, 0.1) is 5.92 Å². The minimum Gasteiger partial charge on any atom is -0.271 e. The van der Waals surface area contributed by atoms with Gasteiger partial charge in [-0.1, -0.05) is 0 Å². The Hall–Kier alpha value is -0.320. The summed E-state index contributed by atoms with van der Waals surface area (Å²) in [6, 6.07) is -0.729. The number of hydrazine groups is 1. The first kappa shape index (κ1) is 15.7. The van der Waals surface area contributed by atoms with Crippen molar-refractivity contribution in [3.63, 3.8) is 0 Å². The molecule has 1 atom stereocenters. The third kappa shape index (κ3) is 3.37. The molecule has 3 N–H and O–H groups in total. The molecular formula is C8H7BrF6N2S. The van der Waals surface area contributed by atoms with Crippen LogP contribution in [0.2, 0.25) is 0 Å². The molecular weight excluding hydrogens is 350 g/mol. The monoisotopic (exact) mass is 356 g/mol. The summed E-state index contributed by atoms with van der Waals surface area (Å²) in [5, 5.41) is 1.37. The highest BCUT2D eigenvalue weighted by atomic mass is 79.9. The Balaban J connectivity index is 3.23. The minimum absolute atomic E-state index is 0.147. The smallest absolute Gasteiger partial charge is 0.271 e. The van der Waals surface area contributed by atoms with Gasteiger partial charge in [0.2, 0.25) is 0 Å². The van der Waals surface area contributed by atoms with Crippen molar-refractivity contribution in [1.29, 1.82) is 0 Å². The van der Waals surface area contributed by atoms with Crippen molar-refractivity contribution in [2.75, 3.05) is 0 Å². The van der Waals surface area contributed by atoms with Crippen LogP contribution in [0.5, 0.6) is 0 Å². The minimum atomic E-state index is -5.45. The SMILES string of the molecule is NNC(c1sccc1Br)C(C(F)(F)F)C(F)(F)F. The Kier molecular flexibility index (Phi) is 4.68. The summed E-state index contributed by atoms with van der Waals surface area (Å²) in [6.45, 7) is 0. The Labute approximate surface area is 110 Å². The summed E-state index contributed by atoms with van der Waals surface area (Å²) < 4.78 is 75.5. The molecule has 0 aliphatic rings. The van der Waals surface area contributed by atoms with Crippen molar-refractivity contribution in [2.24, 2.45) is 11.8 Å². The molecule has 10 heteroatoms. The third-order valence-electron chi connectivity index (χ3n) is 2.15. The van der Waals surface area contributed by atoms with Crippen LogP contribution in [0.25, 0.3) is 0 Å². The van der Waals surface area contributed by atoms with Crippen LogP contribution in [-0.4, -0.2) is 12.4 Å². The van der Waals surface area contributed by atoms with Crippen LogP contribution in [0.1, 0.15) is 10.9 Å². The molecule has 0 aromatic carbocycles. The molecule has 1 rings (SSSR count). The lowest BCUT2D eigenvalue weighted by molar-refractivity contribution is -0.292. The summed E-state index contributed by atoms with van der Waals surface area (Å²) in [7, 11) is 0. The van der Waals surface area contributed by atoms with E-state index >= 15 is 0 Å². The molecule has 1 aromatic rings. The fourth-order valence-electron chi connectivity index (χ4n) is 1.41. The first-order valence-electron chi connectivity index (χ1n) is 4.41. The number of rotatable bonds is 3. The van der Waals surface area contributed by atoms with Gasteiger partial charge >= 0.3 is 12.4 Å². The van der Waals surface area contributed by atoms with Crippen LogP contribution >= 0.6 is 27.3 Å². The molecule has 0 saturated carbocycles. The molecule has 104 valence electrons. The van der Waals surface area contributed by atoms with Gasteiger partial charge in [0.1, 0.15) is 0 Å². The second-order valence-corrected chi connectivity index (χ2v) is 5.14. The second kappa shape index (κ2) is 5.35. The summed E-state index contributed by atoms with van der Waals surface area (Å²) in [5.74, 6) is 1.30. The number of halogens is 7. The normalized spacial score (nSPS) is 15.2. The summed E-state index contributed by atoms with van der Waals surface area (Å²) in [6.07, 6.45) is -10.9. The molecule has 0 saturated heterocycles. The van der Waals surface area contributed by atoms with Gasteiger partial charge in [-0.3, -0.25) is 11.3 Å². The number of thiophene rings is 1. The van der Waals surface area contributed by atoms with Crippen LogP contribution in [0.3, 0.4) is 0 Å². The zero-order chi connectivity index (χ0) is 14.1. The maximum Gasteiger partial charge on any atom is 0.402 e. The van der Waals surface area contributed by atoms with E-state index in [2.05, 4.69) is 15.9 Å². The molecule has 1 heterocycles. The van der Waals surface area contributed by atoms with E-state index in [0.29, 0.717) is 0 Å². The van der Waals surface area contributed by atoms with Crippen LogP contribution < -0.4 is 11.3 Å². The van der Waals surface area contributed by atoms with E-state index in [4.69, 9.17) is 5.84 Å². The van der Waals surface area contributed by atoms with Crippen LogP contribution in [0.15, 0.2) is 15.9 Å². The summed E-state index contributed by atoms with van der Waals surface area (Å²) in [4.78, 5) is -0.155. The van der Waals surface area contributed by atoms with E-state index in [0.717, 1.165) is 11.3 Å². The average molecular weight is 357 g/mol. The van der Waals surface area contributed by atoms with E-state index in [1.807, 2.05) is 0 Å². The topological polar surface area (TPSA) is 38.0 Å². The van der Waals surface area contributed by atoms with E-state index < -0.39 is 24.3 Å². The van der Waals surface area contributed by atoms with Gasteiger partial charge in [-0.2, -0.15) is 26.3 Å². The molecule has 0 spiro atoms. The Morgan fingerprint density at radius 1 is 1.17 bits per heavy atom. The number of nitrogens with two attached hydrogens (primary N) is 1. The molecule has 0 radical (unpaired) electrons. The zero-order valence-electron chi connectivity index (χ0n) is 8.44. The highest BCUT2D eigenvalue weighted by Gasteiger charge is 2.60.